The molecule has 3 nitrogen and oxygen atoms in total. The zero-order chi connectivity index (χ0) is 12.1. The van der Waals surface area contributed by atoms with Crippen molar-refractivity contribution >= 4 is 41.7 Å². The molecule has 0 saturated heterocycles. The Morgan fingerprint density at radius 3 is 2.67 bits per heavy atom. The third kappa shape index (κ3) is 4.68. The molecule has 0 spiro atoms. The molecule has 2 rings (SSSR count). The number of guanidine groups is 1. The molecule has 0 amide bonds. The Kier molecular flexibility index (Phi) is 6.85. The van der Waals surface area contributed by atoms with Crippen molar-refractivity contribution in [2.24, 2.45) is 4.99 Å². The highest BCUT2D eigenvalue weighted by Crippen LogP contribution is 2.17. The van der Waals surface area contributed by atoms with E-state index in [-0.39, 0.29) is 24.0 Å². The van der Waals surface area contributed by atoms with Gasteiger partial charge in [-0.1, -0.05) is 17.7 Å². The second-order valence-electron chi connectivity index (χ2n) is 4.22. The maximum absolute atomic E-state index is 4.40. The summed E-state index contributed by atoms with van der Waals surface area (Å²) in [5, 5.41) is 3.37. The van der Waals surface area contributed by atoms with E-state index in [2.05, 4.69) is 53.4 Å². The predicted octanol–water partition coefficient (Wildman–Crippen LogP) is 2.60. The van der Waals surface area contributed by atoms with Crippen molar-refractivity contribution in [3.63, 3.8) is 0 Å². The van der Waals surface area contributed by atoms with Gasteiger partial charge in [0.15, 0.2) is 5.96 Å². The van der Waals surface area contributed by atoms with Gasteiger partial charge >= 0.3 is 0 Å². The van der Waals surface area contributed by atoms with Gasteiger partial charge in [-0.3, -0.25) is 4.99 Å². The summed E-state index contributed by atoms with van der Waals surface area (Å²) in [5.74, 6) is 2.10. The van der Waals surface area contributed by atoms with Crippen LogP contribution in [0.4, 0.5) is 0 Å². The predicted molar refractivity (Wildman–Crippen MR) is 90.3 cm³/mol. The minimum Gasteiger partial charge on any atom is -0.355 e. The molecule has 0 fully saturated rings. The number of thioether (sulfide) groups is 1. The first-order valence-electron chi connectivity index (χ1n) is 5.94. The zero-order valence-electron chi connectivity index (χ0n) is 10.8. The lowest BCUT2D eigenvalue weighted by molar-refractivity contribution is 0.537. The van der Waals surface area contributed by atoms with Crippen LogP contribution in [-0.4, -0.2) is 43.3 Å². The molecule has 5 heteroatoms. The number of rotatable bonds is 4. The Morgan fingerprint density at radius 2 is 2.06 bits per heavy atom. The molecule has 18 heavy (non-hydrogen) atoms. The first kappa shape index (κ1) is 15.6. The van der Waals surface area contributed by atoms with Crippen LogP contribution in [0, 0.1) is 6.92 Å². The number of halogens is 1. The summed E-state index contributed by atoms with van der Waals surface area (Å²) in [4.78, 5) is 7.89. The van der Waals surface area contributed by atoms with Crippen molar-refractivity contribution in [2.45, 2.75) is 11.8 Å². The second-order valence-corrected chi connectivity index (χ2v) is 5.38. The van der Waals surface area contributed by atoms with E-state index in [1.807, 2.05) is 11.8 Å². The number of aliphatic imine (C=N–C) groups is 1. The second kappa shape index (κ2) is 7.89. The van der Waals surface area contributed by atoms with Crippen LogP contribution < -0.4 is 5.32 Å². The molecule has 0 aliphatic carbocycles. The standard InChI is InChI=1S/C13H19N3S.HI/c1-11-3-5-12(6-4-11)17-10-8-15-13-14-7-9-16(13)2;/h3-6H,7-10H2,1-2H3,(H,14,15);1H. The van der Waals surface area contributed by atoms with Crippen LogP contribution in [0.2, 0.25) is 0 Å². The Labute approximate surface area is 130 Å². The Morgan fingerprint density at radius 1 is 1.33 bits per heavy atom. The molecule has 0 bridgehead atoms. The maximum atomic E-state index is 4.40. The Bertz CT molecular complexity index is 392. The van der Waals surface area contributed by atoms with Gasteiger partial charge in [0.1, 0.15) is 0 Å². The molecule has 0 radical (unpaired) electrons. The molecule has 1 aliphatic heterocycles. The summed E-state index contributed by atoms with van der Waals surface area (Å²) in [6.07, 6.45) is 0. The van der Waals surface area contributed by atoms with E-state index in [0.29, 0.717) is 0 Å². The van der Waals surface area contributed by atoms with Crippen LogP contribution in [0.15, 0.2) is 34.2 Å². The number of aryl methyl sites for hydroxylation is 1. The number of benzene rings is 1. The van der Waals surface area contributed by atoms with Crippen molar-refractivity contribution in [3.8, 4) is 0 Å². The fourth-order valence-corrected chi connectivity index (χ4v) is 2.46. The largest absolute Gasteiger partial charge is 0.355 e. The Hall–Kier alpha value is -0.430. The number of nitrogens with zero attached hydrogens (tertiary/aromatic N) is 2. The lowest BCUT2D eigenvalue weighted by atomic mass is 10.2. The van der Waals surface area contributed by atoms with E-state index in [4.69, 9.17) is 0 Å². The van der Waals surface area contributed by atoms with Crippen LogP contribution >= 0.6 is 35.7 Å². The highest BCUT2D eigenvalue weighted by molar-refractivity contribution is 14.0. The smallest absolute Gasteiger partial charge is 0.193 e. The molecule has 1 heterocycles. The maximum Gasteiger partial charge on any atom is 0.193 e. The SMILES string of the molecule is Cc1ccc(SCCNC2=NCCN2C)cc1.I. The molecule has 0 saturated carbocycles. The van der Waals surface area contributed by atoms with Crippen LogP contribution in [-0.2, 0) is 0 Å². The fraction of sp³-hybridized carbons (Fsp3) is 0.462. The molecule has 1 aliphatic rings. The molecule has 100 valence electrons. The highest BCUT2D eigenvalue weighted by atomic mass is 127. The van der Waals surface area contributed by atoms with Crippen molar-refractivity contribution in [3.05, 3.63) is 29.8 Å². The van der Waals surface area contributed by atoms with E-state index < -0.39 is 0 Å². The lowest BCUT2D eigenvalue weighted by Gasteiger charge is -2.14. The van der Waals surface area contributed by atoms with Crippen LogP contribution in [0.3, 0.4) is 0 Å². The van der Waals surface area contributed by atoms with Crippen LogP contribution in [0.5, 0.6) is 0 Å². The first-order chi connectivity index (χ1) is 8.25. The molecular formula is C13H20IN3S. The highest BCUT2D eigenvalue weighted by Gasteiger charge is 2.10. The lowest BCUT2D eigenvalue weighted by Crippen LogP contribution is -2.36. The normalized spacial score (nSPS) is 14.1. The molecule has 1 aromatic carbocycles. The molecule has 0 atom stereocenters. The van der Waals surface area contributed by atoms with E-state index in [1.54, 1.807) is 0 Å². The van der Waals surface area contributed by atoms with Crippen LogP contribution in [0.1, 0.15) is 5.56 Å². The average molecular weight is 377 g/mol. The quantitative estimate of drug-likeness (QED) is 0.497. The molecule has 0 aromatic heterocycles. The molecule has 1 N–H and O–H groups in total. The van der Waals surface area contributed by atoms with Gasteiger partial charge in [-0.05, 0) is 19.1 Å². The van der Waals surface area contributed by atoms with Crippen molar-refractivity contribution in [1.29, 1.82) is 0 Å². The van der Waals surface area contributed by atoms with Gasteiger partial charge in [0.05, 0.1) is 6.54 Å². The van der Waals surface area contributed by atoms with Crippen LogP contribution in [0.25, 0.3) is 0 Å². The van der Waals surface area contributed by atoms with Crippen molar-refractivity contribution in [1.82, 2.24) is 10.2 Å². The fourth-order valence-electron chi connectivity index (χ4n) is 1.69. The van der Waals surface area contributed by atoms with E-state index >= 15 is 0 Å². The summed E-state index contributed by atoms with van der Waals surface area (Å²) in [6.45, 7) is 5.03. The van der Waals surface area contributed by atoms with Crippen molar-refractivity contribution in [2.75, 3.05) is 32.4 Å². The van der Waals surface area contributed by atoms with Gasteiger partial charge in [0.2, 0.25) is 0 Å². The molecule has 1 aromatic rings. The monoisotopic (exact) mass is 377 g/mol. The van der Waals surface area contributed by atoms with E-state index in [0.717, 1.165) is 31.3 Å². The summed E-state index contributed by atoms with van der Waals surface area (Å²) in [7, 11) is 2.08. The van der Waals surface area contributed by atoms with Crippen molar-refractivity contribution < 1.29 is 0 Å². The summed E-state index contributed by atoms with van der Waals surface area (Å²) in [6, 6.07) is 8.67. The summed E-state index contributed by atoms with van der Waals surface area (Å²) in [5.41, 5.74) is 1.31. The minimum absolute atomic E-state index is 0. The van der Waals surface area contributed by atoms with Gasteiger partial charge in [-0.2, -0.15) is 0 Å². The topological polar surface area (TPSA) is 27.6 Å². The molecule has 0 unspecified atom stereocenters. The number of likely N-dealkylation sites (N-methyl/N-ethyl adjacent to an activating group) is 1. The third-order valence-corrected chi connectivity index (χ3v) is 3.75. The molecular weight excluding hydrogens is 357 g/mol. The average Bonchev–Trinajstić information content (AvgIpc) is 2.73. The number of hydrogen-bond donors (Lipinski definition) is 1. The first-order valence-corrected chi connectivity index (χ1v) is 6.93. The number of nitrogens with one attached hydrogen (secondary N) is 1. The minimum atomic E-state index is 0. The van der Waals surface area contributed by atoms with Gasteiger partial charge in [-0.25, -0.2) is 0 Å². The van der Waals surface area contributed by atoms with Gasteiger partial charge in [-0.15, -0.1) is 35.7 Å². The Balaban J connectivity index is 0.00000162. The summed E-state index contributed by atoms with van der Waals surface area (Å²) >= 11 is 1.88. The summed E-state index contributed by atoms with van der Waals surface area (Å²) < 4.78 is 0. The van der Waals surface area contributed by atoms with E-state index in [1.165, 1.54) is 10.5 Å². The zero-order valence-corrected chi connectivity index (χ0v) is 14.0. The van der Waals surface area contributed by atoms with E-state index in [9.17, 15) is 0 Å². The number of hydrogen-bond acceptors (Lipinski definition) is 4. The van der Waals surface area contributed by atoms with Gasteiger partial charge in [0, 0.05) is 30.8 Å². The third-order valence-electron chi connectivity index (χ3n) is 2.73. The van der Waals surface area contributed by atoms with Gasteiger partial charge in [0.25, 0.3) is 0 Å². The van der Waals surface area contributed by atoms with Gasteiger partial charge < -0.3 is 10.2 Å².